The Morgan fingerprint density at radius 3 is 2.75 bits per heavy atom. The second kappa shape index (κ2) is 10.6. The third-order valence-corrected chi connectivity index (χ3v) is 5.46. The van der Waals surface area contributed by atoms with E-state index < -0.39 is 26.0 Å². The zero-order valence-corrected chi connectivity index (χ0v) is 16.8. The van der Waals surface area contributed by atoms with Crippen LogP contribution in [-0.2, 0) is 18.3 Å². The number of ether oxygens (including phenoxy) is 3. The van der Waals surface area contributed by atoms with E-state index in [1.165, 1.54) is 6.20 Å². The second-order valence-corrected chi connectivity index (χ2v) is 7.77. The molecule has 13 heteroatoms. The lowest BCUT2D eigenvalue weighted by Gasteiger charge is -2.19. The van der Waals surface area contributed by atoms with Crippen molar-refractivity contribution in [2.24, 2.45) is 5.11 Å². The van der Waals surface area contributed by atoms with E-state index in [0.717, 1.165) is 0 Å². The quantitative estimate of drug-likeness (QED) is 0.247. The van der Waals surface area contributed by atoms with Gasteiger partial charge in [-0.2, -0.15) is 4.98 Å². The van der Waals surface area contributed by atoms with E-state index >= 15 is 0 Å². The molecule has 0 radical (unpaired) electrons. The van der Waals surface area contributed by atoms with E-state index in [-0.39, 0.29) is 44.5 Å². The van der Waals surface area contributed by atoms with Crippen LogP contribution < -0.4 is 9.47 Å². The number of aliphatic hydroxyl groups excluding tert-OH is 1. The van der Waals surface area contributed by atoms with Gasteiger partial charge in [0.1, 0.15) is 18.4 Å². The van der Waals surface area contributed by atoms with E-state index in [1.807, 2.05) is 0 Å². The lowest BCUT2D eigenvalue weighted by Crippen LogP contribution is -2.30. The molecule has 3 atom stereocenters. The maximum Gasteiger partial charge on any atom is 0.367 e. The number of nitrogens with zero attached hydrogens (tertiary/aromatic N) is 5. The van der Waals surface area contributed by atoms with Gasteiger partial charge >= 0.3 is 13.6 Å². The van der Waals surface area contributed by atoms with Gasteiger partial charge in [-0.15, -0.1) is 0 Å². The van der Waals surface area contributed by atoms with Crippen molar-refractivity contribution < 1.29 is 32.9 Å². The molecule has 1 aliphatic rings. The number of aryl methyl sites for hydroxylation is 1. The molecule has 2 heterocycles. The standard InChI is InChI=1S/C15H24N5O7P/c1-4-24-28(22,25-5-2)9-23-14-10(3)7-17-15(18-14)27-11-6-13(19-20-16)26-12(11)8-21/h7,11-13,21H,4-6,8-9H2,1-3H3/t11-,12-,13+/m1/s1. The fourth-order valence-corrected chi connectivity index (χ4v) is 3.80. The van der Waals surface area contributed by atoms with Crippen molar-refractivity contribution in [2.75, 3.05) is 26.2 Å². The maximum atomic E-state index is 12.5. The molecule has 1 aliphatic heterocycles. The first kappa shape index (κ1) is 22.4. The Hall–Kier alpha value is -1.94. The van der Waals surface area contributed by atoms with Crippen LogP contribution >= 0.6 is 7.60 Å². The van der Waals surface area contributed by atoms with Crippen LogP contribution in [0.1, 0.15) is 25.8 Å². The summed E-state index contributed by atoms with van der Waals surface area (Å²) in [5.74, 6) is 0.163. The molecule has 1 saturated heterocycles. The monoisotopic (exact) mass is 417 g/mol. The SMILES string of the molecule is CCOP(=O)(COc1nc(O[C@@H]2C[C@@H](N=[N+]=[N-])O[C@@H]2CO)ncc1C)OCC. The van der Waals surface area contributed by atoms with Crippen LogP contribution in [0, 0.1) is 6.92 Å². The lowest BCUT2D eigenvalue weighted by atomic mass is 10.2. The van der Waals surface area contributed by atoms with Crippen LogP contribution in [0.3, 0.4) is 0 Å². The predicted octanol–water partition coefficient (Wildman–Crippen LogP) is 2.55. The zero-order valence-electron chi connectivity index (χ0n) is 15.9. The molecule has 0 spiro atoms. The van der Waals surface area contributed by atoms with Crippen LogP contribution in [0.25, 0.3) is 10.4 Å². The summed E-state index contributed by atoms with van der Waals surface area (Å²) in [6.07, 6.45) is -0.603. The highest BCUT2D eigenvalue weighted by atomic mass is 31.2. The fraction of sp³-hybridized carbons (Fsp3) is 0.733. The van der Waals surface area contributed by atoms with Crippen LogP contribution in [0.5, 0.6) is 11.9 Å². The number of aromatic nitrogens is 2. The van der Waals surface area contributed by atoms with E-state index in [4.69, 9.17) is 28.8 Å². The second-order valence-electron chi connectivity index (χ2n) is 5.77. The smallest absolute Gasteiger partial charge is 0.367 e. The average Bonchev–Trinajstić information content (AvgIpc) is 3.04. The van der Waals surface area contributed by atoms with Gasteiger partial charge < -0.3 is 28.4 Å². The van der Waals surface area contributed by atoms with Crippen LogP contribution in [0.4, 0.5) is 0 Å². The summed E-state index contributed by atoms with van der Waals surface area (Å²) in [5, 5.41) is 12.9. The highest BCUT2D eigenvalue weighted by Gasteiger charge is 2.36. The molecule has 1 aromatic heterocycles. The highest BCUT2D eigenvalue weighted by molar-refractivity contribution is 7.53. The first-order valence-electron chi connectivity index (χ1n) is 8.76. The van der Waals surface area contributed by atoms with E-state index in [1.54, 1.807) is 20.8 Å². The topological polar surface area (TPSA) is 158 Å². The minimum atomic E-state index is -3.40. The Morgan fingerprint density at radius 1 is 1.43 bits per heavy atom. The van der Waals surface area contributed by atoms with Crippen molar-refractivity contribution in [1.29, 1.82) is 0 Å². The van der Waals surface area contributed by atoms with Gasteiger partial charge in [0.2, 0.25) is 5.88 Å². The Kier molecular flexibility index (Phi) is 8.43. The first-order valence-corrected chi connectivity index (χ1v) is 10.5. The van der Waals surface area contributed by atoms with Crippen molar-refractivity contribution in [3.05, 3.63) is 22.2 Å². The Labute approximate surface area is 162 Å². The molecule has 156 valence electrons. The molecule has 0 aromatic carbocycles. The Balaban J connectivity index is 2.08. The number of hydrogen-bond acceptors (Lipinski definition) is 10. The fourth-order valence-electron chi connectivity index (χ4n) is 2.51. The summed E-state index contributed by atoms with van der Waals surface area (Å²) < 4.78 is 39.5. The molecule has 1 fully saturated rings. The largest absolute Gasteiger partial charge is 0.464 e. The molecule has 0 bridgehead atoms. The van der Waals surface area contributed by atoms with Gasteiger partial charge in [0.25, 0.3) is 0 Å². The maximum absolute atomic E-state index is 12.5. The number of rotatable bonds is 11. The summed E-state index contributed by atoms with van der Waals surface area (Å²) in [6, 6.07) is -0.0168. The van der Waals surface area contributed by atoms with Gasteiger partial charge in [-0.3, -0.25) is 4.57 Å². The molecule has 2 rings (SSSR count). The molecule has 0 aliphatic carbocycles. The van der Waals surface area contributed by atoms with Crippen molar-refractivity contribution in [3.8, 4) is 11.9 Å². The molecule has 28 heavy (non-hydrogen) atoms. The third kappa shape index (κ3) is 6.03. The normalized spacial score (nSPS) is 21.9. The lowest BCUT2D eigenvalue weighted by molar-refractivity contribution is -0.0157. The molecular weight excluding hydrogens is 393 g/mol. The Bertz CT molecular complexity index is 735. The van der Waals surface area contributed by atoms with Crippen molar-refractivity contribution in [3.63, 3.8) is 0 Å². The highest BCUT2D eigenvalue weighted by Crippen LogP contribution is 2.48. The number of aliphatic hydroxyl groups is 1. The van der Waals surface area contributed by atoms with Gasteiger partial charge in [0.15, 0.2) is 6.35 Å². The minimum absolute atomic E-state index is 0.0168. The predicted molar refractivity (Wildman–Crippen MR) is 97.0 cm³/mol. The number of azide groups is 1. The van der Waals surface area contributed by atoms with Gasteiger partial charge in [0, 0.05) is 23.1 Å². The molecule has 0 saturated carbocycles. The van der Waals surface area contributed by atoms with Crippen LogP contribution in [-0.4, -0.2) is 59.7 Å². The van der Waals surface area contributed by atoms with E-state index in [0.29, 0.717) is 5.56 Å². The van der Waals surface area contributed by atoms with Crippen molar-refractivity contribution in [2.45, 2.75) is 45.6 Å². The van der Waals surface area contributed by atoms with Gasteiger partial charge in [-0.05, 0) is 26.3 Å². The molecule has 0 unspecified atom stereocenters. The summed E-state index contributed by atoms with van der Waals surface area (Å²) in [7, 11) is -3.40. The van der Waals surface area contributed by atoms with Gasteiger partial charge in [-0.1, -0.05) is 5.11 Å². The summed E-state index contributed by atoms with van der Waals surface area (Å²) in [6.45, 7) is 5.25. The van der Waals surface area contributed by atoms with Crippen molar-refractivity contribution in [1.82, 2.24) is 9.97 Å². The van der Waals surface area contributed by atoms with Crippen molar-refractivity contribution >= 4 is 7.60 Å². The van der Waals surface area contributed by atoms with Gasteiger partial charge in [0.05, 0.1) is 19.8 Å². The van der Waals surface area contributed by atoms with Crippen LogP contribution in [0.2, 0.25) is 0 Å². The molecular formula is C15H24N5O7P. The summed E-state index contributed by atoms with van der Waals surface area (Å²) in [5.41, 5.74) is 9.12. The summed E-state index contributed by atoms with van der Waals surface area (Å²) >= 11 is 0. The molecule has 1 aromatic rings. The average molecular weight is 417 g/mol. The third-order valence-electron chi connectivity index (χ3n) is 3.71. The van der Waals surface area contributed by atoms with E-state index in [2.05, 4.69) is 20.0 Å². The first-order chi connectivity index (χ1) is 13.4. The minimum Gasteiger partial charge on any atom is -0.464 e. The molecule has 12 nitrogen and oxygen atoms in total. The molecule has 0 amide bonds. The van der Waals surface area contributed by atoms with E-state index in [9.17, 15) is 9.67 Å². The Morgan fingerprint density at radius 2 is 2.14 bits per heavy atom. The van der Waals surface area contributed by atoms with Crippen LogP contribution in [0.15, 0.2) is 11.3 Å². The molecule has 1 N–H and O–H groups in total. The number of hydrogen-bond donors (Lipinski definition) is 1. The van der Waals surface area contributed by atoms with Gasteiger partial charge in [-0.25, -0.2) is 4.98 Å². The summed E-state index contributed by atoms with van der Waals surface area (Å²) in [4.78, 5) is 10.9. The zero-order chi connectivity index (χ0) is 20.6.